The topological polar surface area (TPSA) is 56.7 Å². The van der Waals surface area contributed by atoms with E-state index in [4.69, 9.17) is 0 Å². The Hall–Kier alpha value is -2.25. The minimum absolute atomic E-state index is 0.207. The number of rotatable bonds is 5. The Morgan fingerprint density at radius 3 is 2.22 bits per heavy atom. The molecule has 0 unspecified atom stereocenters. The van der Waals surface area contributed by atoms with Gasteiger partial charge in [-0.05, 0) is 49.7 Å². The molecule has 4 nitrogen and oxygen atoms in total. The van der Waals surface area contributed by atoms with Crippen LogP contribution < -0.4 is 5.73 Å². The minimum Gasteiger partial charge on any atom is -0.333 e. The second-order valence-corrected chi connectivity index (χ2v) is 7.22. The molecule has 3 aromatic rings. The van der Waals surface area contributed by atoms with Crippen molar-refractivity contribution in [1.29, 1.82) is 0 Å². The summed E-state index contributed by atoms with van der Waals surface area (Å²) < 4.78 is 29.2. The van der Waals surface area contributed by atoms with Crippen molar-refractivity contribution in [2.24, 2.45) is 5.73 Å². The largest absolute Gasteiger partial charge is 0.333 e. The predicted octanol–water partition coefficient (Wildman–Crippen LogP) is 4.76. The van der Waals surface area contributed by atoms with Crippen LogP contribution in [0.15, 0.2) is 52.6 Å². The van der Waals surface area contributed by atoms with Crippen LogP contribution in [0.25, 0.3) is 0 Å². The molecule has 0 saturated carbocycles. The first-order valence-electron chi connectivity index (χ1n) is 8.61. The van der Waals surface area contributed by atoms with Crippen molar-refractivity contribution in [3.05, 3.63) is 71.4 Å². The molecule has 0 atom stereocenters. The Kier molecular flexibility index (Phi) is 7.50. The summed E-state index contributed by atoms with van der Waals surface area (Å²) in [6.45, 7) is 6.71. The number of hydrogen-bond donors (Lipinski definition) is 1. The molecular weight excluding hydrogens is 366 g/mol. The molecule has 2 aromatic heterocycles. The second kappa shape index (κ2) is 9.62. The maximum absolute atomic E-state index is 13.6. The molecule has 0 amide bonds. The molecule has 0 saturated heterocycles. The Bertz CT molecular complexity index is 859. The lowest BCUT2D eigenvalue weighted by Crippen LogP contribution is -2.04. The van der Waals surface area contributed by atoms with Gasteiger partial charge in [-0.1, -0.05) is 25.6 Å². The van der Waals surface area contributed by atoms with E-state index >= 15 is 0 Å². The van der Waals surface area contributed by atoms with E-state index in [1.54, 1.807) is 12.4 Å². The van der Waals surface area contributed by atoms with E-state index in [2.05, 4.69) is 34.1 Å². The van der Waals surface area contributed by atoms with Crippen LogP contribution in [-0.4, -0.2) is 21.6 Å². The number of halogens is 2. The standard InChI is InChI=1S/C19H19F2N3S.CH5N/c1-12(2)18-19(25-17-9-15(20)8-16(21)10-17)24(13(3)23-18)11-14-4-6-22-7-5-14;1-2/h4-10,12H,11H2,1-3H3;2H2,1H3. The van der Waals surface area contributed by atoms with Crippen LogP contribution in [0, 0.1) is 18.6 Å². The molecule has 0 aliphatic rings. The number of imidazole rings is 1. The number of aryl methyl sites for hydroxylation is 1. The van der Waals surface area contributed by atoms with E-state index in [1.165, 1.54) is 30.9 Å². The highest BCUT2D eigenvalue weighted by Crippen LogP contribution is 2.35. The zero-order chi connectivity index (χ0) is 20.0. The second-order valence-electron chi connectivity index (χ2n) is 6.15. The summed E-state index contributed by atoms with van der Waals surface area (Å²) in [6.07, 6.45) is 3.50. The van der Waals surface area contributed by atoms with E-state index < -0.39 is 11.6 Å². The molecule has 2 heterocycles. The van der Waals surface area contributed by atoms with E-state index in [9.17, 15) is 8.78 Å². The van der Waals surface area contributed by atoms with Gasteiger partial charge in [0.2, 0.25) is 0 Å². The van der Waals surface area contributed by atoms with Gasteiger partial charge < -0.3 is 10.3 Å². The fourth-order valence-electron chi connectivity index (χ4n) is 2.61. The van der Waals surface area contributed by atoms with Crippen molar-refractivity contribution in [2.75, 3.05) is 7.05 Å². The van der Waals surface area contributed by atoms with Gasteiger partial charge in [0.05, 0.1) is 5.69 Å². The van der Waals surface area contributed by atoms with Gasteiger partial charge >= 0.3 is 0 Å². The van der Waals surface area contributed by atoms with Crippen LogP contribution in [0.3, 0.4) is 0 Å². The SMILES string of the molecule is CN.Cc1nc(C(C)C)c(Sc2cc(F)cc(F)c2)n1Cc1ccncc1. The van der Waals surface area contributed by atoms with Crippen LogP contribution in [-0.2, 0) is 6.54 Å². The molecular formula is C20H24F2N4S. The first-order valence-corrected chi connectivity index (χ1v) is 9.43. The number of nitrogens with two attached hydrogens (primary N) is 1. The van der Waals surface area contributed by atoms with Crippen LogP contribution in [0.4, 0.5) is 8.78 Å². The highest BCUT2D eigenvalue weighted by Gasteiger charge is 2.19. The first kappa shape index (κ1) is 21.1. The van der Waals surface area contributed by atoms with E-state index in [0.717, 1.165) is 28.2 Å². The van der Waals surface area contributed by atoms with Crippen molar-refractivity contribution < 1.29 is 8.78 Å². The van der Waals surface area contributed by atoms with Gasteiger partial charge in [-0.2, -0.15) is 0 Å². The highest BCUT2D eigenvalue weighted by molar-refractivity contribution is 7.99. The summed E-state index contributed by atoms with van der Waals surface area (Å²) >= 11 is 1.34. The van der Waals surface area contributed by atoms with Crippen molar-refractivity contribution >= 4 is 11.8 Å². The summed E-state index contributed by atoms with van der Waals surface area (Å²) in [5.41, 5.74) is 6.53. The zero-order valence-electron chi connectivity index (χ0n) is 15.9. The summed E-state index contributed by atoms with van der Waals surface area (Å²) in [6, 6.07) is 7.47. The van der Waals surface area contributed by atoms with Crippen molar-refractivity contribution in [2.45, 2.75) is 43.2 Å². The van der Waals surface area contributed by atoms with Gasteiger partial charge in [-0.15, -0.1) is 0 Å². The average molecular weight is 391 g/mol. The van der Waals surface area contributed by atoms with E-state index in [-0.39, 0.29) is 5.92 Å². The summed E-state index contributed by atoms with van der Waals surface area (Å²) in [7, 11) is 1.50. The van der Waals surface area contributed by atoms with Gasteiger partial charge in [0.25, 0.3) is 0 Å². The molecule has 0 spiro atoms. The van der Waals surface area contributed by atoms with E-state index in [1.807, 2.05) is 19.1 Å². The highest BCUT2D eigenvalue weighted by atomic mass is 32.2. The molecule has 2 N–H and O–H groups in total. The Balaban J connectivity index is 0.00000126. The molecule has 3 rings (SSSR count). The average Bonchev–Trinajstić information content (AvgIpc) is 2.93. The molecule has 27 heavy (non-hydrogen) atoms. The number of nitrogens with zero attached hydrogens (tertiary/aromatic N) is 3. The van der Waals surface area contributed by atoms with Crippen LogP contribution in [0.5, 0.6) is 0 Å². The number of benzene rings is 1. The summed E-state index contributed by atoms with van der Waals surface area (Å²) in [5.74, 6) is -0.0748. The monoisotopic (exact) mass is 390 g/mol. The molecule has 7 heteroatoms. The molecule has 0 aliphatic heterocycles. The van der Waals surface area contributed by atoms with Gasteiger partial charge in [0.15, 0.2) is 0 Å². The predicted molar refractivity (Wildman–Crippen MR) is 105 cm³/mol. The summed E-state index contributed by atoms with van der Waals surface area (Å²) in [4.78, 5) is 9.25. The molecule has 0 aliphatic carbocycles. The van der Waals surface area contributed by atoms with Crippen molar-refractivity contribution in [3.8, 4) is 0 Å². The van der Waals surface area contributed by atoms with Crippen LogP contribution >= 0.6 is 11.8 Å². The fourth-order valence-corrected chi connectivity index (χ4v) is 3.87. The minimum atomic E-state index is -0.578. The van der Waals surface area contributed by atoms with Gasteiger partial charge in [-0.3, -0.25) is 4.98 Å². The number of hydrogen-bond acceptors (Lipinski definition) is 4. The summed E-state index contributed by atoms with van der Waals surface area (Å²) in [5, 5.41) is 0.911. The number of pyridine rings is 1. The lowest BCUT2D eigenvalue weighted by atomic mass is 10.1. The molecule has 0 radical (unpaired) electrons. The Labute approximate surface area is 162 Å². The molecule has 1 aromatic carbocycles. The Morgan fingerprint density at radius 1 is 1.07 bits per heavy atom. The van der Waals surface area contributed by atoms with Gasteiger partial charge in [-0.25, -0.2) is 13.8 Å². The van der Waals surface area contributed by atoms with E-state index in [0.29, 0.717) is 11.4 Å². The quantitative estimate of drug-likeness (QED) is 0.682. The van der Waals surface area contributed by atoms with Crippen LogP contribution in [0.2, 0.25) is 0 Å². The van der Waals surface area contributed by atoms with Gasteiger partial charge in [0, 0.05) is 29.9 Å². The smallest absolute Gasteiger partial charge is 0.127 e. The third kappa shape index (κ3) is 5.37. The third-order valence-corrected chi connectivity index (χ3v) is 4.92. The van der Waals surface area contributed by atoms with Crippen molar-refractivity contribution in [3.63, 3.8) is 0 Å². The lowest BCUT2D eigenvalue weighted by Gasteiger charge is -2.12. The van der Waals surface area contributed by atoms with Crippen molar-refractivity contribution in [1.82, 2.24) is 14.5 Å². The fraction of sp³-hybridized carbons (Fsp3) is 0.300. The normalized spacial score (nSPS) is 10.7. The maximum Gasteiger partial charge on any atom is 0.127 e. The van der Waals surface area contributed by atoms with Crippen LogP contribution in [0.1, 0.15) is 36.8 Å². The first-order chi connectivity index (χ1) is 12.9. The Morgan fingerprint density at radius 2 is 1.67 bits per heavy atom. The molecule has 0 fully saturated rings. The zero-order valence-corrected chi connectivity index (χ0v) is 16.7. The number of aromatic nitrogens is 3. The third-order valence-electron chi connectivity index (χ3n) is 3.82. The lowest BCUT2D eigenvalue weighted by molar-refractivity contribution is 0.577. The van der Waals surface area contributed by atoms with Gasteiger partial charge in [0.1, 0.15) is 22.5 Å². The molecule has 0 bridgehead atoms. The maximum atomic E-state index is 13.6. The molecule has 144 valence electrons.